The van der Waals surface area contributed by atoms with Gasteiger partial charge in [-0.05, 0) is 31.0 Å². The van der Waals surface area contributed by atoms with Gasteiger partial charge < -0.3 is 4.74 Å². The largest absolute Gasteiger partial charge is 0.441 e. The van der Waals surface area contributed by atoms with E-state index in [1.54, 1.807) is 44.4 Å². The zero-order chi connectivity index (χ0) is 24.2. The quantitative estimate of drug-likeness (QED) is 0.453. The fourth-order valence-corrected chi connectivity index (χ4v) is 4.69. The Balaban J connectivity index is 1.73. The maximum atomic E-state index is 12.5. The molecule has 0 radical (unpaired) electrons. The van der Waals surface area contributed by atoms with Gasteiger partial charge in [-0.15, -0.1) is 5.10 Å². The average molecular weight is 494 g/mol. The monoisotopic (exact) mass is 493 g/mol. The van der Waals surface area contributed by atoms with Gasteiger partial charge in [0.15, 0.2) is 11.5 Å². The maximum absolute atomic E-state index is 12.5. The minimum Gasteiger partial charge on any atom is -0.441 e. The highest BCUT2D eigenvalue weighted by atomic mass is 35.5. The van der Waals surface area contributed by atoms with Gasteiger partial charge in [-0.25, -0.2) is 22.9 Å². The van der Waals surface area contributed by atoms with Crippen LogP contribution in [0.3, 0.4) is 0 Å². The topological polar surface area (TPSA) is 141 Å². The number of hydrogen-bond donors (Lipinski definition) is 2. The van der Waals surface area contributed by atoms with Gasteiger partial charge in [-0.1, -0.05) is 36.7 Å². The molecule has 1 amide bonds. The van der Waals surface area contributed by atoms with Gasteiger partial charge in [0, 0.05) is 18.8 Å². The molecule has 0 aliphatic heterocycles. The SMILES string of the molecule is CC(C)CS(=O)(=O)Nc1ccc(-c2nnn(C)c2NC(=O)O[C@H](C)c2cccnc2Cl)nc1. The van der Waals surface area contributed by atoms with Crippen LogP contribution in [0.5, 0.6) is 0 Å². The van der Waals surface area contributed by atoms with E-state index in [0.29, 0.717) is 16.9 Å². The Hall–Kier alpha value is -3.25. The minimum atomic E-state index is -3.48. The molecule has 0 aliphatic rings. The number of sulfonamides is 1. The summed E-state index contributed by atoms with van der Waals surface area (Å²) in [6.45, 7) is 5.31. The van der Waals surface area contributed by atoms with Crippen molar-refractivity contribution in [1.29, 1.82) is 0 Å². The number of hydrogen-bond acceptors (Lipinski definition) is 8. The summed E-state index contributed by atoms with van der Waals surface area (Å²) in [5.74, 6) is 0.238. The van der Waals surface area contributed by atoms with Crippen molar-refractivity contribution in [2.45, 2.75) is 26.9 Å². The molecule has 0 saturated carbocycles. The molecular weight excluding hydrogens is 470 g/mol. The third-order valence-electron chi connectivity index (χ3n) is 4.39. The zero-order valence-corrected chi connectivity index (χ0v) is 20.1. The number of pyridine rings is 2. The van der Waals surface area contributed by atoms with Crippen LogP contribution in [0.2, 0.25) is 5.15 Å². The molecule has 1 atom stereocenters. The highest BCUT2D eigenvalue weighted by Gasteiger charge is 2.21. The number of amides is 1. The van der Waals surface area contributed by atoms with Gasteiger partial charge in [0.1, 0.15) is 11.3 Å². The Morgan fingerprint density at radius 1 is 1.21 bits per heavy atom. The number of aromatic nitrogens is 5. The molecule has 0 bridgehead atoms. The lowest BCUT2D eigenvalue weighted by Gasteiger charge is -2.15. The fourth-order valence-electron chi connectivity index (χ4n) is 2.98. The number of aryl methyl sites for hydroxylation is 1. The number of nitrogens with zero attached hydrogens (tertiary/aromatic N) is 5. The molecule has 2 N–H and O–H groups in total. The van der Waals surface area contributed by atoms with E-state index in [9.17, 15) is 13.2 Å². The van der Waals surface area contributed by atoms with Crippen LogP contribution in [0.25, 0.3) is 11.4 Å². The Morgan fingerprint density at radius 2 is 1.97 bits per heavy atom. The molecule has 0 unspecified atom stereocenters. The normalized spacial score (nSPS) is 12.4. The molecule has 11 nitrogen and oxygen atoms in total. The van der Waals surface area contributed by atoms with Crippen molar-refractivity contribution < 1.29 is 17.9 Å². The van der Waals surface area contributed by atoms with Crippen molar-refractivity contribution in [3.05, 3.63) is 47.4 Å². The Labute approximate surface area is 196 Å². The lowest BCUT2D eigenvalue weighted by molar-refractivity contribution is 0.121. The Morgan fingerprint density at radius 3 is 2.61 bits per heavy atom. The molecule has 0 spiro atoms. The van der Waals surface area contributed by atoms with E-state index in [2.05, 4.69) is 30.3 Å². The van der Waals surface area contributed by atoms with Crippen molar-refractivity contribution in [1.82, 2.24) is 25.0 Å². The number of carbonyl (C=O) groups excluding carboxylic acids is 1. The summed E-state index contributed by atoms with van der Waals surface area (Å²) in [4.78, 5) is 20.7. The summed E-state index contributed by atoms with van der Waals surface area (Å²) in [7, 11) is -1.88. The maximum Gasteiger partial charge on any atom is 0.413 e. The van der Waals surface area contributed by atoms with E-state index < -0.39 is 22.2 Å². The second-order valence-electron chi connectivity index (χ2n) is 7.68. The van der Waals surface area contributed by atoms with E-state index in [0.717, 1.165) is 0 Å². The van der Waals surface area contributed by atoms with Crippen molar-refractivity contribution in [2.75, 3.05) is 15.8 Å². The third kappa shape index (κ3) is 6.39. The van der Waals surface area contributed by atoms with Crippen molar-refractivity contribution in [3.8, 4) is 11.4 Å². The number of carbonyl (C=O) groups is 1. The van der Waals surface area contributed by atoms with Gasteiger partial charge >= 0.3 is 6.09 Å². The molecule has 176 valence electrons. The van der Waals surface area contributed by atoms with E-state index in [-0.39, 0.29) is 28.3 Å². The number of rotatable bonds is 8. The van der Waals surface area contributed by atoms with Crippen LogP contribution >= 0.6 is 11.6 Å². The third-order valence-corrected chi connectivity index (χ3v) is 6.36. The van der Waals surface area contributed by atoms with Gasteiger partial charge in [-0.3, -0.25) is 15.0 Å². The minimum absolute atomic E-state index is 0.00221. The molecule has 3 aromatic heterocycles. The molecule has 3 heterocycles. The molecule has 13 heteroatoms. The molecule has 3 aromatic rings. The Bertz CT molecular complexity index is 1230. The lowest BCUT2D eigenvalue weighted by Crippen LogP contribution is -2.20. The summed E-state index contributed by atoms with van der Waals surface area (Å²) in [6.07, 6.45) is 1.52. The van der Waals surface area contributed by atoms with Gasteiger partial charge in [-0.2, -0.15) is 0 Å². The highest BCUT2D eigenvalue weighted by molar-refractivity contribution is 7.92. The van der Waals surface area contributed by atoms with E-state index >= 15 is 0 Å². The summed E-state index contributed by atoms with van der Waals surface area (Å²) >= 11 is 6.06. The molecular formula is C20H24ClN7O4S. The molecule has 0 fully saturated rings. The average Bonchev–Trinajstić information content (AvgIpc) is 3.07. The summed E-state index contributed by atoms with van der Waals surface area (Å²) in [5.41, 5.74) is 1.56. The second-order valence-corrected chi connectivity index (χ2v) is 9.80. The molecule has 33 heavy (non-hydrogen) atoms. The standard InChI is InChI=1S/C20H24ClN7O4S/c1-12(2)11-33(30,31)26-14-7-8-16(23-10-14)17-19(28(4)27-25-17)24-20(29)32-13(3)15-6-5-9-22-18(15)21/h5-10,12-13,26H,11H2,1-4H3,(H,24,29)/t13-/m1/s1. The van der Waals surface area contributed by atoms with Crippen LogP contribution in [0.4, 0.5) is 16.3 Å². The van der Waals surface area contributed by atoms with Crippen LogP contribution < -0.4 is 10.0 Å². The highest BCUT2D eigenvalue weighted by Crippen LogP contribution is 2.27. The first-order valence-corrected chi connectivity index (χ1v) is 12.0. The van der Waals surface area contributed by atoms with Crippen molar-refractivity contribution >= 4 is 39.2 Å². The van der Waals surface area contributed by atoms with Crippen LogP contribution in [-0.4, -0.2) is 45.2 Å². The van der Waals surface area contributed by atoms with Crippen LogP contribution in [0.15, 0.2) is 36.7 Å². The fraction of sp³-hybridized carbons (Fsp3) is 0.350. The number of halogens is 1. The smallest absolute Gasteiger partial charge is 0.413 e. The predicted molar refractivity (Wildman–Crippen MR) is 124 cm³/mol. The number of nitrogens with one attached hydrogen (secondary N) is 2. The molecule has 0 aliphatic carbocycles. The zero-order valence-electron chi connectivity index (χ0n) is 18.5. The molecule has 0 saturated heterocycles. The van der Waals surface area contributed by atoms with E-state index in [1.165, 1.54) is 10.9 Å². The predicted octanol–water partition coefficient (Wildman–Crippen LogP) is 3.63. The molecule has 0 aromatic carbocycles. The first kappa shape index (κ1) is 24.4. The first-order valence-electron chi connectivity index (χ1n) is 10.0. The van der Waals surface area contributed by atoms with Crippen molar-refractivity contribution in [2.24, 2.45) is 13.0 Å². The van der Waals surface area contributed by atoms with Crippen LogP contribution in [-0.2, 0) is 21.8 Å². The van der Waals surface area contributed by atoms with E-state index in [1.807, 2.05) is 13.8 Å². The number of anilines is 2. The summed E-state index contributed by atoms with van der Waals surface area (Å²) in [6, 6.07) is 6.54. The van der Waals surface area contributed by atoms with Crippen LogP contribution in [0.1, 0.15) is 32.4 Å². The van der Waals surface area contributed by atoms with Gasteiger partial charge in [0.05, 0.1) is 23.3 Å². The Kier molecular flexibility index (Phi) is 7.49. The lowest BCUT2D eigenvalue weighted by atomic mass is 10.2. The van der Waals surface area contributed by atoms with E-state index in [4.69, 9.17) is 16.3 Å². The number of ether oxygens (including phenoxy) is 1. The van der Waals surface area contributed by atoms with Crippen LogP contribution in [0, 0.1) is 5.92 Å². The van der Waals surface area contributed by atoms with Gasteiger partial charge in [0.2, 0.25) is 10.0 Å². The van der Waals surface area contributed by atoms with Gasteiger partial charge in [0.25, 0.3) is 0 Å². The summed E-state index contributed by atoms with van der Waals surface area (Å²) in [5, 5.41) is 10.8. The second kappa shape index (κ2) is 10.1. The van der Waals surface area contributed by atoms with Crippen molar-refractivity contribution in [3.63, 3.8) is 0 Å². The first-order chi connectivity index (χ1) is 15.6. The molecule has 3 rings (SSSR count). The summed E-state index contributed by atoms with van der Waals surface area (Å²) < 4.78 is 33.5.